The number of carbonyl (C=O) groups excluding carboxylic acids is 1. The van der Waals surface area contributed by atoms with Crippen molar-refractivity contribution in [3.8, 4) is 11.8 Å². The molecule has 11 heteroatoms. The van der Waals surface area contributed by atoms with Gasteiger partial charge >= 0.3 is 10.2 Å². The number of carbonyl (C=O) groups is 1. The zero-order valence-corrected chi connectivity index (χ0v) is 15.7. The number of nitrogens with zero attached hydrogens (tertiary/aromatic N) is 3. The second-order valence-corrected chi connectivity index (χ2v) is 8.70. The molecule has 0 spiro atoms. The lowest BCUT2D eigenvalue weighted by Gasteiger charge is -2.18. The lowest BCUT2D eigenvalue weighted by atomic mass is 10.1. The lowest BCUT2D eigenvalue weighted by molar-refractivity contribution is -0.117. The van der Waals surface area contributed by atoms with Gasteiger partial charge in [-0.3, -0.25) is 9.59 Å². The maximum absolute atomic E-state index is 12.6. The van der Waals surface area contributed by atoms with Crippen LogP contribution in [0.5, 0.6) is 5.75 Å². The molecule has 2 aliphatic rings. The molecule has 4 rings (SSSR count). The molecule has 2 aromatic rings. The molecule has 28 heavy (non-hydrogen) atoms. The summed E-state index contributed by atoms with van der Waals surface area (Å²) in [6, 6.07) is 6.48. The number of rotatable bonds is 4. The molecule has 2 fully saturated rings. The van der Waals surface area contributed by atoms with Crippen molar-refractivity contribution in [3.63, 3.8) is 0 Å². The van der Waals surface area contributed by atoms with E-state index in [4.69, 9.17) is 0 Å². The normalized spacial score (nSPS) is 19.3. The SMILES string of the molecule is Cn1c(=O)c(NCC2(C#N)CC2)cc2cc(N3CC(=O)NS3(=O)=O)c(O)cc21. The van der Waals surface area contributed by atoms with E-state index in [1.54, 1.807) is 6.07 Å². The van der Waals surface area contributed by atoms with Crippen LogP contribution in [0.3, 0.4) is 0 Å². The number of aromatic nitrogens is 1. The molecule has 1 amide bonds. The second-order valence-electron chi connectivity index (χ2n) is 7.10. The first-order valence-electron chi connectivity index (χ1n) is 8.51. The highest BCUT2D eigenvalue weighted by Crippen LogP contribution is 2.44. The molecule has 1 saturated carbocycles. The Morgan fingerprint density at radius 3 is 2.61 bits per heavy atom. The molecule has 0 bridgehead atoms. The largest absolute Gasteiger partial charge is 0.506 e. The summed E-state index contributed by atoms with van der Waals surface area (Å²) >= 11 is 0. The number of benzene rings is 1. The zero-order chi connectivity index (χ0) is 20.3. The maximum Gasteiger partial charge on any atom is 0.326 e. The third-order valence-electron chi connectivity index (χ3n) is 5.12. The molecule has 0 radical (unpaired) electrons. The van der Waals surface area contributed by atoms with Crippen molar-refractivity contribution in [2.75, 3.05) is 22.7 Å². The van der Waals surface area contributed by atoms with Crippen molar-refractivity contribution in [3.05, 3.63) is 28.6 Å². The van der Waals surface area contributed by atoms with Gasteiger partial charge in [-0.25, -0.2) is 9.03 Å². The third-order valence-corrected chi connectivity index (χ3v) is 6.51. The minimum Gasteiger partial charge on any atom is -0.506 e. The Balaban J connectivity index is 1.80. The van der Waals surface area contributed by atoms with E-state index in [0.717, 1.165) is 17.1 Å². The number of anilines is 2. The van der Waals surface area contributed by atoms with Gasteiger partial charge in [0.15, 0.2) is 0 Å². The highest BCUT2D eigenvalue weighted by atomic mass is 32.2. The molecule has 3 N–H and O–H groups in total. The Morgan fingerprint density at radius 1 is 1.32 bits per heavy atom. The van der Waals surface area contributed by atoms with E-state index in [0.29, 0.717) is 17.4 Å². The number of aryl methyl sites for hydroxylation is 1. The van der Waals surface area contributed by atoms with Gasteiger partial charge in [-0.05, 0) is 25.0 Å². The van der Waals surface area contributed by atoms with Crippen LogP contribution in [0.15, 0.2) is 23.0 Å². The summed E-state index contributed by atoms with van der Waals surface area (Å²) < 4.78 is 28.1. The summed E-state index contributed by atoms with van der Waals surface area (Å²) in [6.45, 7) is -0.100. The molecule has 0 unspecified atom stereocenters. The van der Waals surface area contributed by atoms with Gasteiger partial charge in [-0.15, -0.1) is 0 Å². The number of nitriles is 1. The van der Waals surface area contributed by atoms with Crippen LogP contribution < -0.4 is 19.9 Å². The van der Waals surface area contributed by atoms with E-state index in [2.05, 4.69) is 11.4 Å². The van der Waals surface area contributed by atoms with E-state index in [9.17, 15) is 28.4 Å². The molecule has 1 saturated heterocycles. The van der Waals surface area contributed by atoms with Crippen molar-refractivity contribution in [1.29, 1.82) is 5.26 Å². The maximum atomic E-state index is 12.6. The molecule has 1 aromatic carbocycles. The van der Waals surface area contributed by atoms with Crippen molar-refractivity contribution in [2.45, 2.75) is 12.8 Å². The van der Waals surface area contributed by atoms with Gasteiger partial charge in [0.1, 0.15) is 18.0 Å². The quantitative estimate of drug-likeness (QED) is 0.658. The minimum absolute atomic E-state index is 0.0638. The molecule has 10 nitrogen and oxygen atoms in total. The predicted octanol–water partition coefficient (Wildman–Crippen LogP) is 0.141. The Labute approximate surface area is 160 Å². The number of phenols is 1. The van der Waals surface area contributed by atoms with Crippen LogP contribution in [0.25, 0.3) is 10.9 Å². The summed E-state index contributed by atoms with van der Waals surface area (Å²) in [7, 11) is -2.55. The number of pyridine rings is 1. The molecular weight excluding hydrogens is 386 g/mol. The van der Waals surface area contributed by atoms with Crippen LogP contribution in [-0.2, 0) is 22.1 Å². The van der Waals surface area contributed by atoms with Gasteiger partial charge in [-0.1, -0.05) is 0 Å². The van der Waals surface area contributed by atoms with Gasteiger partial charge in [0.25, 0.3) is 11.5 Å². The van der Waals surface area contributed by atoms with Crippen molar-refractivity contribution >= 4 is 38.4 Å². The van der Waals surface area contributed by atoms with E-state index < -0.39 is 28.1 Å². The molecule has 2 heterocycles. The average Bonchev–Trinajstić information content (AvgIpc) is 3.36. The summed E-state index contributed by atoms with van der Waals surface area (Å²) in [5, 5.41) is 23.0. The molecule has 1 aliphatic carbocycles. The van der Waals surface area contributed by atoms with Gasteiger partial charge in [0, 0.05) is 25.0 Å². The number of hydrogen-bond donors (Lipinski definition) is 3. The Hall–Kier alpha value is -3.26. The van der Waals surface area contributed by atoms with Crippen LogP contribution >= 0.6 is 0 Å². The summed E-state index contributed by atoms with van der Waals surface area (Å²) in [6.07, 6.45) is 1.55. The molecular formula is C17H17N5O5S. The highest BCUT2D eigenvalue weighted by Gasteiger charge is 2.43. The fraction of sp³-hybridized carbons (Fsp3) is 0.353. The molecule has 1 aromatic heterocycles. The Morgan fingerprint density at radius 2 is 2.04 bits per heavy atom. The fourth-order valence-electron chi connectivity index (χ4n) is 3.23. The Bertz CT molecular complexity index is 1220. The number of amides is 1. The van der Waals surface area contributed by atoms with Crippen LogP contribution in [0.2, 0.25) is 0 Å². The van der Waals surface area contributed by atoms with E-state index >= 15 is 0 Å². The number of fused-ring (bicyclic) bond motifs is 1. The van der Waals surface area contributed by atoms with E-state index in [1.165, 1.54) is 23.7 Å². The van der Waals surface area contributed by atoms with Crippen LogP contribution in [0.1, 0.15) is 12.8 Å². The molecule has 0 atom stereocenters. The van der Waals surface area contributed by atoms with Gasteiger partial charge in [-0.2, -0.15) is 13.7 Å². The fourth-order valence-corrected chi connectivity index (χ4v) is 4.38. The number of phenolic OH excluding ortho intramolecular Hbond substituents is 1. The smallest absolute Gasteiger partial charge is 0.326 e. The number of hydrogen-bond acceptors (Lipinski definition) is 7. The predicted molar refractivity (Wildman–Crippen MR) is 101 cm³/mol. The zero-order valence-electron chi connectivity index (χ0n) is 14.9. The van der Waals surface area contributed by atoms with Crippen LogP contribution in [0, 0.1) is 16.7 Å². The summed E-state index contributed by atoms with van der Waals surface area (Å²) in [4.78, 5) is 24.1. The second kappa shape index (κ2) is 5.87. The van der Waals surface area contributed by atoms with Crippen molar-refractivity contribution in [2.24, 2.45) is 12.5 Å². The van der Waals surface area contributed by atoms with Crippen LogP contribution in [-0.4, -0.2) is 37.1 Å². The van der Waals surface area contributed by atoms with Crippen molar-refractivity contribution < 1.29 is 18.3 Å². The number of nitrogens with one attached hydrogen (secondary N) is 2. The topological polar surface area (TPSA) is 145 Å². The molecule has 1 aliphatic heterocycles. The monoisotopic (exact) mass is 403 g/mol. The average molecular weight is 403 g/mol. The number of aromatic hydroxyl groups is 1. The first-order valence-corrected chi connectivity index (χ1v) is 9.95. The first-order chi connectivity index (χ1) is 13.2. The Kier molecular flexibility index (Phi) is 3.80. The lowest BCUT2D eigenvalue weighted by Crippen LogP contribution is -2.29. The van der Waals surface area contributed by atoms with Crippen molar-refractivity contribution in [1.82, 2.24) is 9.29 Å². The van der Waals surface area contributed by atoms with Crippen LogP contribution in [0.4, 0.5) is 11.4 Å². The first kappa shape index (κ1) is 18.1. The summed E-state index contributed by atoms with van der Waals surface area (Å²) in [5.41, 5.74) is -0.179. The van der Waals surface area contributed by atoms with Gasteiger partial charge in [0.05, 0.1) is 22.7 Å². The standard InChI is InChI=1S/C17H17N5O5S/c1-21-12-6-14(23)13(22-7-15(24)20-28(22,26)27)5-10(12)4-11(16(21)25)19-9-17(8-18)2-3-17/h4-6,19,23H,2-3,7,9H2,1H3,(H,20,24). The molecule has 146 valence electrons. The highest BCUT2D eigenvalue weighted by molar-refractivity contribution is 7.92. The van der Waals surface area contributed by atoms with E-state index in [-0.39, 0.29) is 22.7 Å². The van der Waals surface area contributed by atoms with Gasteiger partial charge in [0.2, 0.25) is 0 Å². The summed E-state index contributed by atoms with van der Waals surface area (Å²) in [5.74, 6) is -1.07. The minimum atomic E-state index is -4.08. The third kappa shape index (κ3) is 2.82. The van der Waals surface area contributed by atoms with E-state index in [1.807, 2.05) is 4.72 Å². The van der Waals surface area contributed by atoms with Gasteiger partial charge < -0.3 is 15.0 Å².